The zero-order valence-corrected chi connectivity index (χ0v) is 13.8. The maximum absolute atomic E-state index is 12.7. The number of nitrogens with zero attached hydrogens (tertiary/aromatic N) is 3. The smallest absolute Gasteiger partial charge is 0.308 e. The van der Waals surface area contributed by atoms with E-state index in [0.29, 0.717) is 5.56 Å². The molecule has 0 aliphatic heterocycles. The molecule has 1 fully saturated rings. The molecule has 0 bridgehead atoms. The van der Waals surface area contributed by atoms with Crippen LogP contribution in [0.25, 0.3) is 5.69 Å². The van der Waals surface area contributed by atoms with Gasteiger partial charge in [0.15, 0.2) is 0 Å². The maximum Gasteiger partial charge on any atom is 0.308 e. The van der Waals surface area contributed by atoms with Gasteiger partial charge in [-0.2, -0.15) is 5.10 Å². The summed E-state index contributed by atoms with van der Waals surface area (Å²) in [4.78, 5) is 25.5. The van der Waals surface area contributed by atoms with Crippen LogP contribution >= 0.6 is 0 Å². The predicted octanol–water partition coefficient (Wildman–Crippen LogP) is 2.51. The lowest BCUT2D eigenvalue weighted by molar-refractivity contribution is -0.141. The lowest BCUT2D eigenvalue weighted by atomic mass is 10.1. The fraction of sp³-hybridized carbons (Fsp3) is 0.389. The second-order valence-electron chi connectivity index (χ2n) is 6.44. The van der Waals surface area contributed by atoms with E-state index >= 15 is 0 Å². The molecule has 1 atom stereocenters. The zero-order valence-electron chi connectivity index (χ0n) is 13.8. The van der Waals surface area contributed by atoms with Crippen molar-refractivity contribution >= 4 is 11.9 Å². The summed E-state index contributed by atoms with van der Waals surface area (Å²) in [6.45, 7) is 3.85. The second-order valence-corrected chi connectivity index (χ2v) is 6.44. The topological polar surface area (TPSA) is 75.4 Å². The number of carboxylic acids is 1. The molecule has 1 unspecified atom stereocenters. The van der Waals surface area contributed by atoms with Gasteiger partial charge in [0.05, 0.1) is 17.8 Å². The van der Waals surface area contributed by atoms with Crippen molar-refractivity contribution in [2.75, 3.05) is 6.54 Å². The zero-order chi connectivity index (χ0) is 17.3. The van der Waals surface area contributed by atoms with Crippen LogP contribution in [-0.4, -0.2) is 44.3 Å². The summed E-state index contributed by atoms with van der Waals surface area (Å²) in [5.41, 5.74) is 2.53. The van der Waals surface area contributed by atoms with E-state index in [1.165, 1.54) is 0 Å². The lowest BCUT2D eigenvalue weighted by Crippen LogP contribution is -2.38. The minimum atomic E-state index is -0.877. The molecule has 3 rings (SSSR count). The summed E-state index contributed by atoms with van der Waals surface area (Å²) in [5.74, 6) is -1.55. The van der Waals surface area contributed by atoms with Crippen LogP contribution in [-0.2, 0) is 4.79 Å². The first-order chi connectivity index (χ1) is 11.5. The van der Waals surface area contributed by atoms with Gasteiger partial charge in [0.2, 0.25) is 0 Å². The van der Waals surface area contributed by atoms with Crippen molar-refractivity contribution in [1.29, 1.82) is 0 Å². The SMILES string of the molecule is Cc1cnn(-c2ccc(C(=O)N(CC(C)C(=O)O)C3CC3)cc2)c1. The number of carbonyl (C=O) groups excluding carboxylic acids is 1. The molecule has 1 heterocycles. The molecule has 0 spiro atoms. The average Bonchev–Trinajstić information content (AvgIpc) is 3.32. The third-order valence-electron chi connectivity index (χ3n) is 4.23. The van der Waals surface area contributed by atoms with E-state index in [4.69, 9.17) is 5.11 Å². The van der Waals surface area contributed by atoms with Crippen LogP contribution in [0.15, 0.2) is 36.7 Å². The normalized spacial score (nSPS) is 15.1. The molecule has 6 nitrogen and oxygen atoms in total. The fourth-order valence-corrected chi connectivity index (χ4v) is 2.63. The minimum Gasteiger partial charge on any atom is -0.481 e. The number of hydrogen-bond donors (Lipinski definition) is 1. The molecule has 0 radical (unpaired) electrons. The molecule has 1 saturated carbocycles. The van der Waals surface area contributed by atoms with Crippen molar-refractivity contribution in [3.63, 3.8) is 0 Å². The third-order valence-corrected chi connectivity index (χ3v) is 4.23. The largest absolute Gasteiger partial charge is 0.481 e. The third kappa shape index (κ3) is 3.48. The van der Waals surface area contributed by atoms with E-state index in [2.05, 4.69) is 5.10 Å². The van der Waals surface area contributed by atoms with Crippen LogP contribution in [0.2, 0.25) is 0 Å². The van der Waals surface area contributed by atoms with Gasteiger partial charge in [0.1, 0.15) is 0 Å². The quantitative estimate of drug-likeness (QED) is 0.884. The van der Waals surface area contributed by atoms with Crippen molar-refractivity contribution in [3.05, 3.63) is 47.8 Å². The first kappa shape index (κ1) is 16.2. The summed E-state index contributed by atoms with van der Waals surface area (Å²) in [6.07, 6.45) is 5.59. The van der Waals surface area contributed by atoms with Crippen molar-refractivity contribution in [3.8, 4) is 5.69 Å². The number of rotatable bonds is 6. The Labute approximate surface area is 140 Å². The lowest BCUT2D eigenvalue weighted by Gasteiger charge is -2.24. The van der Waals surface area contributed by atoms with Crippen molar-refractivity contribution in [1.82, 2.24) is 14.7 Å². The highest BCUT2D eigenvalue weighted by Crippen LogP contribution is 2.29. The number of hydrogen-bond acceptors (Lipinski definition) is 3. The van der Waals surface area contributed by atoms with Gasteiger partial charge in [0, 0.05) is 24.3 Å². The number of aromatic nitrogens is 2. The minimum absolute atomic E-state index is 0.103. The Bertz CT molecular complexity index is 747. The van der Waals surface area contributed by atoms with Crippen molar-refractivity contribution < 1.29 is 14.7 Å². The van der Waals surface area contributed by atoms with Crippen molar-refractivity contribution in [2.45, 2.75) is 32.7 Å². The highest BCUT2D eigenvalue weighted by atomic mass is 16.4. The number of aliphatic carboxylic acids is 1. The summed E-state index contributed by atoms with van der Waals surface area (Å²) < 4.78 is 1.76. The average molecular weight is 327 g/mol. The number of carboxylic acid groups (broad SMARTS) is 1. The van der Waals surface area contributed by atoms with E-state index in [1.54, 1.807) is 34.8 Å². The van der Waals surface area contributed by atoms with Gasteiger partial charge in [-0.3, -0.25) is 9.59 Å². The molecule has 2 aromatic rings. The first-order valence-corrected chi connectivity index (χ1v) is 8.11. The molecule has 126 valence electrons. The van der Waals surface area contributed by atoms with Crippen LogP contribution in [0.5, 0.6) is 0 Å². The van der Waals surface area contributed by atoms with E-state index in [9.17, 15) is 9.59 Å². The molecule has 1 N–H and O–H groups in total. The fourth-order valence-electron chi connectivity index (χ4n) is 2.63. The number of carbonyl (C=O) groups is 2. The maximum atomic E-state index is 12.7. The van der Waals surface area contributed by atoms with Crippen LogP contribution in [0.4, 0.5) is 0 Å². The monoisotopic (exact) mass is 327 g/mol. The van der Waals surface area contributed by atoms with E-state index in [-0.39, 0.29) is 18.5 Å². The van der Waals surface area contributed by atoms with E-state index in [0.717, 1.165) is 24.1 Å². The Hall–Kier alpha value is -2.63. The molecular formula is C18H21N3O3. The summed E-state index contributed by atoms with van der Waals surface area (Å²) >= 11 is 0. The Morgan fingerprint density at radius 2 is 2.00 bits per heavy atom. The number of benzene rings is 1. The van der Waals surface area contributed by atoms with Gasteiger partial charge in [-0.1, -0.05) is 6.92 Å². The Balaban J connectivity index is 1.76. The highest BCUT2D eigenvalue weighted by Gasteiger charge is 2.34. The van der Waals surface area contributed by atoms with Gasteiger partial charge in [-0.25, -0.2) is 4.68 Å². The molecule has 1 aromatic carbocycles. The molecule has 0 saturated heterocycles. The Morgan fingerprint density at radius 1 is 1.33 bits per heavy atom. The molecule has 1 aliphatic carbocycles. The molecular weight excluding hydrogens is 306 g/mol. The Kier molecular flexibility index (Phi) is 4.38. The van der Waals surface area contributed by atoms with Crippen LogP contribution in [0, 0.1) is 12.8 Å². The van der Waals surface area contributed by atoms with Gasteiger partial charge >= 0.3 is 5.97 Å². The number of amides is 1. The second kappa shape index (κ2) is 6.47. The molecule has 1 aliphatic rings. The number of aryl methyl sites for hydroxylation is 1. The standard InChI is InChI=1S/C18H21N3O3/c1-12-9-19-21(10-12)16-5-3-14(4-6-16)17(22)20(15-7-8-15)11-13(2)18(23)24/h3-6,9-10,13,15H,7-8,11H2,1-2H3,(H,23,24). The van der Waals surface area contributed by atoms with Gasteiger partial charge < -0.3 is 10.0 Å². The summed E-state index contributed by atoms with van der Waals surface area (Å²) in [7, 11) is 0. The molecule has 1 amide bonds. The van der Waals surface area contributed by atoms with E-state index < -0.39 is 11.9 Å². The Morgan fingerprint density at radius 3 is 2.50 bits per heavy atom. The van der Waals surface area contributed by atoms with Crippen LogP contribution < -0.4 is 0 Å². The van der Waals surface area contributed by atoms with E-state index in [1.807, 2.05) is 25.3 Å². The van der Waals surface area contributed by atoms with Gasteiger partial charge in [0.25, 0.3) is 5.91 Å². The summed E-state index contributed by atoms with van der Waals surface area (Å²) in [5, 5.41) is 13.4. The molecule has 24 heavy (non-hydrogen) atoms. The van der Waals surface area contributed by atoms with Crippen molar-refractivity contribution in [2.24, 2.45) is 5.92 Å². The van der Waals surface area contributed by atoms with Crippen LogP contribution in [0.3, 0.4) is 0 Å². The predicted molar refractivity (Wildman–Crippen MR) is 89.2 cm³/mol. The van der Waals surface area contributed by atoms with Crippen LogP contribution in [0.1, 0.15) is 35.7 Å². The molecule has 1 aromatic heterocycles. The molecule has 6 heteroatoms. The van der Waals surface area contributed by atoms with Gasteiger partial charge in [-0.15, -0.1) is 0 Å². The highest BCUT2D eigenvalue weighted by molar-refractivity contribution is 5.95. The van der Waals surface area contributed by atoms with Gasteiger partial charge in [-0.05, 0) is 49.6 Å². The first-order valence-electron chi connectivity index (χ1n) is 8.11. The summed E-state index contributed by atoms with van der Waals surface area (Å²) in [6, 6.07) is 7.43.